The molecule has 0 saturated heterocycles. The molecule has 0 radical (unpaired) electrons. The third kappa shape index (κ3) is 3.09. The Morgan fingerprint density at radius 1 is 1.14 bits per heavy atom. The van der Waals surface area contributed by atoms with Crippen LogP contribution in [0, 0.1) is 0 Å². The number of nitrogens with two attached hydrogens (primary N) is 1. The van der Waals surface area contributed by atoms with Crippen LogP contribution in [0.3, 0.4) is 0 Å². The van der Waals surface area contributed by atoms with Crippen LogP contribution in [0.1, 0.15) is 28.4 Å². The summed E-state index contributed by atoms with van der Waals surface area (Å²) in [4.78, 5) is 1.30. The molecular formula is C18H21NOS. The van der Waals surface area contributed by atoms with Gasteiger partial charge in [-0.1, -0.05) is 24.3 Å². The van der Waals surface area contributed by atoms with E-state index >= 15 is 0 Å². The van der Waals surface area contributed by atoms with Gasteiger partial charge in [0.25, 0.3) is 0 Å². The van der Waals surface area contributed by atoms with Crippen molar-refractivity contribution in [2.24, 2.45) is 5.73 Å². The van der Waals surface area contributed by atoms with Crippen molar-refractivity contribution in [3.8, 4) is 5.75 Å². The summed E-state index contributed by atoms with van der Waals surface area (Å²) in [6, 6.07) is 15.0. The van der Waals surface area contributed by atoms with Crippen LogP contribution in [0.5, 0.6) is 5.75 Å². The van der Waals surface area contributed by atoms with E-state index in [9.17, 15) is 0 Å². The normalized spacial score (nSPS) is 14.8. The smallest absolute Gasteiger partial charge is 0.123 e. The summed E-state index contributed by atoms with van der Waals surface area (Å²) >= 11 is 1.83. The fourth-order valence-electron chi connectivity index (χ4n) is 2.96. The number of methoxy groups -OCH3 is 1. The van der Waals surface area contributed by atoms with Crippen LogP contribution in [0.25, 0.3) is 0 Å². The monoisotopic (exact) mass is 299 g/mol. The van der Waals surface area contributed by atoms with Crippen LogP contribution in [0.15, 0.2) is 47.4 Å². The SMILES string of the molecule is COc1ccccc1C(CN)Sc1ccc2c(c1)CCC2. The van der Waals surface area contributed by atoms with E-state index in [2.05, 4.69) is 24.3 Å². The summed E-state index contributed by atoms with van der Waals surface area (Å²) in [7, 11) is 1.71. The van der Waals surface area contributed by atoms with Crippen molar-refractivity contribution in [1.82, 2.24) is 0 Å². The summed E-state index contributed by atoms with van der Waals surface area (Å²) in [6.45, 7) is 0.599. The molecule has 2 nitrogen and oxygen atoms in total. The molecule has 0 heterocycles. The van der Waals surface area contributed by atoms with Crippen molar-refractivity contribution in [1.29, 1.82) is 0 Å². The zero-order valence-electron chi connectivity index (χ0n) is 12.3. The maximum absolute atomic E-state index is 6.01. The molecule has 3 heteroatoms. The maximum Gasteiger partial charge on any atom is 0.123 e. The first kappa shape index (κ1) is 14.5. The third-order valence-electron chi connectivity index (χ3n) is 4.05. The van der Waals surface area contributed by atoms with Gasteiger partial charge < -0.3 is 10.5 Å². The summed E-state index contributed by atoms with van der Waals surface area (Å²) in [5, 5.41) is 0.223. The van der Waals surface area contributed by atoms with Gasteiger partial charge in [-0.2, -0.15) is 0 Å². The number of hydrogen-bond acceptors (Lipinski definition) is 3. The Balaban J connectivity index is 1.84. The van der Waals surface area contributed by atoms with Gasteiger partial charge in [0, 0.05) is 17.0 Å². The van der Waals surface area contributed by atoms with E-state index in [1.165, 1.54) is 40.8 Å². The second-order valence-corrected chi connectivity index (χ2v) is 6.64. The minimum atomic E-state index is 0.223. The van der Waals surface area contributed by atoms with Crippen molar-refractivity contribution >= 4 is 11.8 Å². The first-order chi connectivity index (χ1) is 10.3. The Kier molecular flexibility index (Phi) is 4.51. The van der Waals surface area contributed by atoms with E-state index in [4.69, 9.17) is 10.5 Å². The molecule has 1 aliphatic carbocycles. The van der Waals surface area contributed by atoms with Gasteiger partial charge in [-0.15, -0.1) is 11.8 Å². The van der Waals surface area contributed by atoms with Crippen molar-refractivity contribution in [2.45, 2.75) is 29.4 Å². The average molecular weight is 299 g/mol. The second kappa shape index (κ2) is 6.54. The van der Waals surface area contributed by atoms with Crippen molar-refractivity contribution < 1.29 is 4.74 Å². The Bertz CT molecular complexity index is 626. The van der Waals surface area contributed by atoms with E-state index in [1.807, 2.05) is 30.0 Å². The molecule has 1 atom stereocenters. The lowest BCUT2D eigenvalue weighted by atomic mass is 10.1. The maximum atomic E-state index is 6.01. The molecule has 0 aromatic heterocycles. The minimum absolute atomic E-state index is 0.223. The Hall–Kier alpha value is -1.45. The number of aryl methyl sites for hydroxylation is 2. The fraction of sp³-hybridized carbons (Fsp3) is 0.333. The van der Waals surface area contributed by atoms with Crippen molar-refractivity contribution in [2.75, 3.05) is 13.7 Å². The van der Waals surface area contributed by atoms with Gasteiger partial charge in [-0.3, -0.25) is 0 Å². The number of benzene rings is 2. The van der Waals surface area contributed by atoms with Crippen LogP contribution in [0.2, 0.25) is 0 Å². The molecule has 3 rings (SSSR count). The average Bonchev–Trinajstić information content (AvgIpc) is 3.00. The Morgan fingerprint density at radius 3 is 2.76 bits per heavy atom. The summed E-state index contributed by atoms with van der Waals surface area (Å²) < 4.78 is 5.47. The number of para-hydroxylation sites is 1. The van der Waals surface area contributed by atoms with Crippen LogP contribution >= 0.6 is 11.8 Å². The highest BCUT2D eigenvalue weighted by atomic mass is 32.2. The molecule has 0 aliphatic heterocycles. The minimum Gasteiger partial charge on any atom is -0.496 e. The van der Waals surface area contributed by atoms with Gasteiger partial charge in [0.2, 0.25) is 0 Å². The molecular weight excluding hydrogens is 278 g/mol. The highest BCUT2D eigenvalue weighted by Crippen LogP contribution is 2.39. The van der Waals surface area contributed by atoms with Gasteiger partial charge in [0.15, 0.2) is 0 Å². The standard InChI is InChI=1S/C18H21NOS/c1-20-17-8-3-2-7-16(17)18(12-19)21-15-10-9-13-5-4-6-14(13)11-15/h2-3,7-11,18H,4-6,12,19H2,1H3. The molecule has 0 saturated carbocycles. The second-order valence-electron chi connectivity index (χ2n) is 5.37. The molecule has 2 aromatic rings. The molecule has 1 unspecified atom stereocenters. The molecule has 0 spiro atoms. The lowest BCUT2D eigenvalue weighted by Crippen LogP contribution is -2.10. The summed E-state index contributed by atoms with van der Waals surface area (Å²) in [6.07, 6.45) is 3.73. The predicted molar refractivity (Wildman–Crippen MR) is 89.1 cm³/mol. The zero-order valence-corrected chi connectivity index (χ0v) is 13.2. The van der Waals surface area contributed by atoms with E-state index in [1.54, 1.807) is 7.11 Å². The quantitative estimate of drug-likeness (QED) is 0.848. The van der Waals surface area contributed by atoms with E-state index in [-0.39, 0.29) is 5.25 Å². The topological polar surface area (TPSA) is 35.2 Å². The fourth-order valence-corrected chi connectivity index (χ4v) is 4.06. The number of rotatable bonds is 5. The number of fused-ring (bicyclic) bond motifs is 1. The largest absolute Gasteiger partial charge is 0.496 e. The lowest BCUT2D eigenvalue weighted by molar-refractivity contribution is 0.409. The van der Waals surface area contributed by atoms with E-state index in [0.29, 0.717) is 6.54 Å². The van der Waals surface area contributed by atoms with Gasteiger partial charge >= 0.3 is 0 Å². The molecule has 2 N–H and O–H groups in total. The number of hydrogen-bond donors (Lipinski definition) is 1. The first-order valence-electron chi connectivity index (χ1n) is 7.43. The molecule has 110 valence electrons. The van der Waals surface area contributed by atoms with E-state index in [0.717, 1.165) is 5.75 Å². The highest BCUT2D eigenvalue weighted by Gasteiger charge is 2.17. The zero-order chi connectivity index (χ0) is 14.7. The predicted octanol–water partition coefficient (Wildman–Crippen LogP) is 3.98. The van der Waals surface area contributed by atoms with Gasteiger partial charge in [-0.25, -0.2) is 0 Å². The van der Waals surface area contributed by atoms with Crippen LogP contribution in [-0.4, -0.2) is 13.7 Å². The van der Waals surface area contributed by atoms with Crippen LogP contribution in [0.4, 0.5) is 0 Å². The lowest BCUT2D eigenvalue weighted by Gasteiger charge is -2.18. The van der Waals surface area contributed by atoms with Crippen LogP contribution in [-0.2, 0) is 12.8 Å². The third-order valence-corrected chi connectivity index (χ3v) is 5.31. The highest BCUT2D eigenvalue weighted by molar-refractivity contribution is 7.99. The van der Waals surface area contributed by atoms with Gasteiger partial charge in [-0.05, 0) is 48.6 Å². The van der Waals surface area contributed by atoms with Gasteiger partial charge in [0.1, 0.15) is 5.75 Å². The Labute approximate surface area is 130 Å². The van der Waals surface area contributed by atoms with Crippen molar-refractivity contribution in [3.05, 3.63) is 59.2 Å². The molecule has 1 aliphatic rings. The Morgan fingerprint density at radius 2 is 1.95 bits per heavy atom. The summed E-state index contributed by atoms with van der Waals surface area (Å²) in [5.74, 6) is 0.918. The van der Waals surface area contributed by atoms with Crippen molar-refractivity contribution in [3.63, 3.8) is 0 Å². The number of ether oxygens (including phenoxy) is 1. The molecule has 2 aromatic carbocycles. The molecule has 21 heavy (non-hydrogen) atoms. The van der Waals surface area contributed by atoms with Crippen LogP contribution < -0.4 is 10.5 Å². The molecule has 0 amide bonds. The number of thioether (sulfide) groups is 1. The molecule has 0 bridgehead atoms. The van der Waals surface area contributed by atoms with Gasteiger partial charge in [0.05, 0.1) is 12.4 Å². The first-order valence-corrected chi connectivity index (χ1v) is 8.31. The molecule has 0 fully saturated rings. The summed E-state index contributed by atoms with van der Waals surface area (Å²) in [5.41, 5.74) is 10.2. The van der Waals surface area contributed by atoms with E-state index < -0.39 is 0 Å².